The van der Waals surface area contributed by atoms with Gasteiger partial charge in [0.15, 0.2) is 0 Å². The maximum atomic E-state index is 13.5. The third-order valence-corrected chi connectivity index (χ3v) is 16.2. The van der Waals surface area contributed by atoms with Crippen LogP contribution in [-0.2, 0) is 27.9 Å². The van der Waals surface area contributed by atoms with Crippen LogP contribution in [0.15, 0.2) is 48.6 Å². The number of unbranched alkanes of at least 4 members (excludes halogenated alkanes) is 41. The zero-order chi connectivity index (χ0) is 57.9. The van der Waals surface area contributed by atoms with Crippen molar-refractivity contribution in [2.24, 2.45) is 0 Å². The van der Waals surface area contributed by atoms with Gasteiger partial charge in [-0.05, 0) is 83.1 Å². The Morgan fingerprint density at radius 2 is 0.772 bits per heavy atom. The Balaban J connectivity index is 4.97. The monoisotopic (exact) mass is 1130 g/mol. The first kappa shape index (κ1) is 77.0. The van der Waals surface area contributed by atoms with Crippen molar-refractivity contribution in [3.63, 3.8) is 0 Å². The van der Waals surface area contributed by atoms with E-state index in [4.69, 9.17) is 13.8 Å². The summed E-state index contributed by atoms with van der Waals surface area (Å²) in [7, 11) is 1.19. The second-order valence-corrected chi connectivity index (χ2v) is 25.8. The quantitative estimate of drug-likeness (QED) is 0.0161. The van der Waals surface area contributed by atoms with Crippen LogP contribution in [0.25, 0.3) is 0 Å². The van der Waals surface area contributed by atoms with E-state index in [1.165, 1.54) is 212 Å². The van der Waals surface area contributed by atoms with Crippen molar-refractivity contribution in [1.29, 1.82) is 0 Å². The minimum atomic E-state index is -4.70. The number of phosphoric ester groups is 1. The summed E-state index contributed by atoms with van der Waals surface area (Å²) in [6, 6.07) is -0.892. The van der Waals surface area contributed by atoms with Gasteiger partial charge in [-0.15, -0.1) is 0 Å². The number of amides is 1. The number of likely N-dealkylation sites (N-methyl/N-ethyl adjacent to an activating group) is 1. The second-order valence-electron chi connectivity index (χ2n) is 24.4. The van der Waals surface area contributed by atoms with Crippen LogP contribution >= 0.6 is 7.82 Å². The Kier molecular flexibility index (Phi) is 57.6. The lowest BCUT2D eigenvalue weighted by Crippen LogP contribution is -2.47. The van der Waals surface area contributed by atoms with E-state index in [0.717, 1.165) is 83.5 Å². The van der Waals surface area contributed by atoms with Gasteiger partial charge in [-0.2, -0.15) is 0 Å². The highest BCUT2D eigenvalue weighted by atomic mass is 31.2. The molecule has 0 heterocycles. The van der Waals surface area contributed by atoms with Crippen molar-refractivity contribution in [2.75, 3.05) is 40.9 Å². The lowest BCUT2D eigenvalue weighted by Gasteiger charge is -2.30. The molecule has 1 N–H and O–H groups in total. The zero-order valence-electron chi connectivity index (χ0n) is 53.1. The number of ether oxygens (including phenoxy) is 1. The molecule has 0 aliphatic heterocycles. The smallest absolute Gasteiger partial charge is 0.306 e. The van der Waals surface area contributed by atoms with Crippen LogP contribution in [-0.4, -0.2) is 69.4 Å². The number of phosphoric acid groups is 1. The molecule has 0 aromatic carbocycles. The molecule has 10 heteroatoms. The first-order valence-electron chi connectivity index (χ1n) is 34.0. The van der Waals surface area contributed by atoms with Gasteiger partial charge in [0.2, 0.25) is 5.91 Å². The molecule has 3 unspecified atom stereocenters. The summed E-state index contributed by atoms with van der Waals surface area (Å²) in [6.45, 7) is 6.83. The molecule has 0 aromatic heterocycles. The lowest BCUT2D eigenvalue weighted by molar-refractivity contribution is -0.870. The minimum Gasteiger partial charge on any atom is -0.756 e. The number of carbonyl (C=O) groups excluding carboxylic acids is 2. The molecule has 0 radical (unpaired) electrons. The maximum Gasteiger partial charge on any atom is 0.306 e. The number of allylic oxidation sites excluding steroid dienone is 7. The Bertz CT molecular complexity index is 1490. The molecule has 0 aliphatic rings. The van der Waals surface area contributed by atoms with Gasteiger partial charge in [0.25, 0.3) is 7.82 Å². The van der Waals surface area contributed by atoms with Gasteiger partial charge in [-0.3, -0.25) is 14.2 Å². The first-order chi connectivity index (χ1) is 38.4. The van der Waals surface area contributed by atoms with Crippen LogP contribution in [0.3, 0.4) is 0 Å². The number of carbonyl (C=O) groups is 2. The molecule has 0 saturated heterocycles. The molecule has 0 aliphatic carbocycles. The van der Waals surface area contributed by atoms with Gasteiger partial charge in [0, 0.05) is 12.8 Å². The van der Waals surface area contributed by atoms with Crippen molar-refractivity contribution in [3.05, 3.63) is 48.6 Å². The molecule has 0 rings (SSSR count). The Hall–Kier alpha value is -2.03. The van der Waals surface area contributed by atoms with Crippen molar-refractivity contribution >= 4 is 19.7 Å². The number of nitrogens with one attached hydrogen (secondary N) is 1. The SMILES string of the molecule is CCCCC/C=C/C=C/CCCCCCCCC(=O)NC(COP(=O)([O-])OCC[N+](C)(C)C)C(/C=C\CCCCCCCCCCC)OC(=O)CCCCCCCCCCCCCCCCCCC/C=C/CCCCCCCC. The predicted molar refractivity (Wildman–Crippen MR) is 339 cm³/mol. The van der Waals surface area contributed by atoms with Crippen LogP contribution in [0, 0.1) is 0 Å². The minimum absolute atomic E-state index is 0.0237. The van der Waals surface area contributed by atoms with E-state index in [1.807, 2.05) is 33.3 Å². The summed E-state index contributed by atoms with van der Waals surface area (Å²) in [4.78, 5) is 40.0. The molecular weight excluding hydrogens is 1000 g/mol. The average Bonchev–Trinajstić information content (AvgIpc) is 3.41. The summed E-state index contributed by atoms with van der Waals surface area (Å²) in [5.74, 6) is -0.543. The molecule has 9 nitrogen and oxygen atoms in total. The summed E-state index contributed by atoms with van der Waals surface area (Å²) in [5.41, 5.74) is 0. The predicted octanol–water partition coefficient (Wildman–Crippen LogP) is 20.6. The van der Waals surface area contributed by atoms with Crippen molar-refractivity contribution < 1.29 is 37.3 Å². The number of hydrogen-bond acceptors (Lipinski definition) is 7. The van der Waals surface area contributed by atoms with E-state index >= 15 is 0 Å². The molecular formula is C69H131N2O7P. The molecule has 0 fully saturated rings. The van der Waals surface area contributed by atoms with Gasteiger partial charge in [0.1, 0.15) is 19.3 Å². The molecule has 0 spiro atoms. The number of nitrogens with zero attached hydrogens (tertiary/aromatic N) is 1. The molecule has 3 atom stereocenters. The van der Waals surface area contributed by atoms with Gasteiger partial charge in [-0.1, -0.05) is 282 Å². The normalized spacial score (nSPS) is 13.9. The fourth-order valence-electron chi connectivity index (χ4n) is 9.98. The fraction of sp³-hybridized carbons (Fsp3) is 0.855. The van der Waals surface area contributed by atoms with Gasteiger partial charge < -0.3 is 28.5 Å². The van der Waals surface area contributed by atoms with E-state index < -0.39 is 26.6 Å². The number of quaternary nitrogens is 1. The largest absolute Gasteiger partial charge is 0.756 e. The van der Waals surface area contributed by atoms with E-state index in [9.17, 15) is 19.0 Å². The molecule has 0 saturated carbocycles. The average molecular weight is 1130 g/mol. The van der Waals surface area contributed by atoms with Crippen molar-refractivity contribution in [1.82, 2.24) is 5.32 Å². The third-order valence-electron chi connectivity index (χ3n) is 15.3. The zero-order valence-corrected chi connectivity index (χ0v) is 54.0. The second kappa shape index (κ2) is 59.1. The highest BCUT2D eigenvalue weighted by Gasteiger charge is 2.27. The Morgan fingerprint density at radius 3 is 1.18 bits per heavy atom. The number of rotatable bonds is 62. The van der Waals surface area contributed by atoms with Crippen LogP contribution in [0.5, 0.6) is 0 Å². The summed E-state index contributed by atoms with van der Waals surface area (Å²) >= 11 is 0. The fourth-order valence-corrected chi connectivity index (χ4v) is 10.7. The Morgan fingerprint density at radius 1 is 0.443 bits per heavy atom. The van der Waals surface area contributed by atoms with Gasteiger partial charge in [-0.25, -0.2) is 0 Å². The number of hydrogen-bond donors (Lipinski definition) is 1. The lowest BCUT2D eigenvalue weighted by atomic mass is 10.0. The van der Waals surface area contributed by atoms with Gasteiger partial charge in [0.05, 0.1) is 33.8 Å². The van der Waals surface area contributed by atoms with E-state index in [1.54, 1.807) is 0 Å². The number of esters is 1. The van der Waals surface area contributed by atoms with Crippen molar-refractivity contribution in [3.8, 4) is 0 Å². The third kappa shape index (κ3) is 60.4. The summed E-state index contributed by atoms with van der Waals surface area (Å²) in [6.07, 6.45) is 73.8. The molecule has 1 amide bonds. The summed E-state index contributed by atoms with van der Waals surface area (Å²) in [5, 5.41) is 3.03. The highest BCUT2D eigenvalue weighted by Crippen LogP contribution is 2.38. The van der Waals surface area contributed by atoms with E-state index in [-0.39, 0.29) is 24.9 Å². The summed E-state index contributed by atoms with van der Waals surface area (Å²) < 4.78 is 30.3. The molecule has 0 bridgehead atoms. The van der Waals surface area contributed by atoms with E-state index in [2.05, 4.69) is 62.5 Å². The molecule has 79 heavy (non-hydrogen) atoms. The van der Waals surface area contributed by atoms with Crippen LogP contribution in [0.1, 0.15) is 329 Å². The highest BCUT2D eigenvalue weighted by molar-refractivity contribution is 7.45. The Labute approximate surface area is 490 Å². The van der Waals surface area contributed by atoms with Crippen LogP contribution in [0.2, 0.25) is 0 Å². The van der Waals surface area contributed by atoms with Gasteiger partial charge >= 0.3 is 5.97 Å². The standard InChI is InChI=1S/C69H131N2O7P/c1-7-10-13-16-19-22-25-27-29-30-31-32-33-34-35-36-37-38-39-40-42-44-47-50-53-56-59-62-69(73)78-67(60-57-54-51-48-45-24-21-18-15-12-9-3)66(65-77-79(74,75)76-64-63-71(4,5)6)70-68(72)61-58-55-52-49-46-43-41-28-26-23-20-17-14-11-8-2/h20,23,26-29,57,60,66-67H,7-19,21-22,24-25,30-56,58-59,61-65H2,1-6H3,(H-,70,72,74,75)/b23-20+,28-26+,29-27+,60-57-. The van der Waals surface area contributed by atoms with E-state index in [0.29, 0.717) is 17.4 Å². The molecule has 464 valence electrons. The van der Waals surface area contributed by atoms with Crippen LogP contribution < -0.4 is 10.2 Å². The maximum absolute atomic E-state index is 13.5. The first-order valence-corrected chi connectivity index (χ1v) is 35.4. The topological polar surface area (TPSA) is 114 Å². The van der Waals surface area contributed by atoms with Crippen molar-refractivity contribution in [2.45, 2.75) is 341 Å². The molecule has 0 aromatic rings. The van der Waals surface area contributed by atoms with Crippen LogP contribution in [0.4, 0.5) is 0 Å².